The lowest BCUT2D eigenvalue weighted by Crippen LogP contribution is -2.32. The van der Waals surface area contributed by atoms with E-state index in [2.05, 4.69) is 23.2 Å². The van der Waals surface area contributed by atoms with Gasteiger partial charge in [0.15, 0.2) is 0 Å². The highest BCUT2D eigenvalue weighted by Gasteiger charge is 2.19. The van der Waals surface area contributed by atoms with Crippen LogP contribution in [0.15, 0.2) is 24.3 Å². The van der Waals surface area contributed by atoms with E-state index in [1.807, 2.05) is 18.2 Å². The number of hydrogen-bond donors (Lipinski definition) is 2. The molecule has 4 heteroatoms. The lowest BCUT2D eigenvalue weighted by atomic mass is 10.0. The molecule has 0 aromatic heterocycles. The number of nitrogens with one attached hydrogen (secondary N) is 1. The summed E-state index contributed by atoms with van der Waals surface area (Å²) in [6.07, 6.45) is 5.57. The van der Waals surface area contributed by atoms with Crippen LogP contribution in [0.4, 0.5) is 11.4 Å². The Morgan fingerprint density at radius 2 is 2.00 bits per heavy atom. The van der Waals surface area contributed by atoms with Crippen LogP contribution in [-0.2, 0) is 4.79 Å². The summed E-state index contributed by atoms with van der Waals surface area (Å²) >= 11 is 0. The monoisotopic (exact) mass is 289 g/mol. The predicted molar refractivity (Wildman–Crippen MR) is 88.6 cm³/mol. The molecule has 3 N–H and O–H groups in total. The highest BCUT2D eigenvalue weighted by molar-refractivity contribution is 5.96. The van der Waals surface area contributed by atoms with Gasteiger partial charge in [-0.05, 0) is 37.8 Å². The fourth-order valence-corrected chi connectivity index (χ4v) is 2.93. The smallest absolute Gasteiger partial charge is 0.228 e. The first kappa shape index (κ1) is 15.8. The number of benzene rings is 1. The van der Waals surface area contributed by atoms with Crippen LogP contribution in [0.1, 0.15) is 39.0 Å². The van der Waals surface area contributed by atoms with E-state index in [9.17, 15) is 4.79 Å². The Bertz CT molecular complexity index is 455. The summed E-state index contributed by atoms with van der Waals surface area (Å²) in [4.78, 5) is 14.7. The average molecular weight is 289 g/mol. The fourth-order valence-electron chi connectivity index (χ4n) is 2.93. The lowest BCUT2D eigenvalue weighted by Gasteiger charge is -2.30. The maximum absolute atomic E-state index is 12.4. The molecule has 1 aromatic rings. The van der Waals surface area contributed by atoms with E-state index >= 15 is 0 Å². The molecule has 1 saturated heterocycles. The van der Waals surface area contributed by atoms with Crippen LogP contribution in [0.2, 0.25) is 0 Å². The first-order valence-electron chi connectivity index (χ1n) is 8.11. The highest BCUT2D eigenvalue weighted by atomic mass is 16.1. The fraction of sp³-hybridized carbons (Fsp3) is 0.588. The molecule has 21 heavy (non-hydrogen) atoms. The van der Waals surface area contributed by atoms with Crippen molar-refractivity contribution in [1.82, 2.24) is 0 Å². The molecule has 2 rings (SSSR count). The number of amides is 1. The zero-order chi connectivity index (χ0) is 15.1. The molecule has 1 aliphatic rings. The van der Waals surface area contributed by atoms with Crippen LogP contribution >= 0.6 is 0 Å². The number of anilines is 2. The Balaban J connectivity index is 2.10. The number of para-hydroxylation sites is 2. The summed E-state index contributed by atoms with van der Waals surface area (Å²) in [5.74, 6) is -0.0479. The number of hydrogen-bond acceptors (Lipinski definition) is 3. The van der Waals surface area contributed by atoms with Crippen molar-refractivity contribution in [3.05, 3.63) is 24.3 Å². The van der Waals surface area contributed by atoms with Gasteiger partial charge in [-0.3, -0.25) is 4.79 Å². The van der Waals surface area contributed by atoms with Crippen LogP contribution in [-0.4, -0.2) is 25.5 Å². The molecule has 0 spiro atoms. The Hall–Kier alpha value is -1.55. The van der Waals surface area contributed by atoms with E-state index in [-0.39, 0.29) is 11.8 Å². The normalized spacial score (nSPS) is 16.6. The van der Waals surface area contributed by atoms with E-state index in [1.165, 1.54) is 19.3 Å². The van der Waals surface area contributed by atoms with Gasteiger partial charge in [0.1, 0.15) is 0 Å². The Labute approximate surface area is 127 Å². The summed E-state index contributed by atoms with van der Waals surface area (Å²) in [7, 11) is 0. The van der Waals surface area contributed by atoms with E-state index in [4.69, 9.17) is 5.73 Å². The molecule has 0 radical (unpaired) electrons. The van der Waals surface area contributed by atoms with Gasteiger partial charge in [0, 0.05) is 19.6 Å². The maximum atomic E-state index is 12.4. The molecular formula is C17H27N3O. The molecule has 116 valence electrons. The Kier molecular flexibility index (Phi) is 6.05. The van der Waals surface area contributed by atoms with Crippen LogP contribution < -0.4 is 16.0 Å². The first-order chi connectivity index (χ1) is 10.3. The van der Waals surface area contributed by atoms with Crippen molar-refractivity contribution in [1.29, 1.82) is 0 Å². The van der Waals surface area contributed by atoms with Gasteiger partial charge < -0.3 is 16.0 Å². The Morgan fingerprint density at radius 3 is 2.67 bits per heavy atom. The molecule has 1 aromatic carbocycles. The molecule has 0 saturated carbocycles. The van der Waals surface area contributed by atoms with E-state index < -0.39 is 0 Å². The third-order valence-electron chi connectivity index (χ3n) is 4.15. The third kappa shape index (κ3) is 4.21. The number of piperidine rings is 1. The lowest BCUT2D eigenvalue weighted by molar-refractivity contribution is -0.119. The third-order valence-corrected chi connectivity index (χ3v) is 4.15. The minimum Gasteiger partial charge on any atom is -0.370 e. The SMILES string of the molecule is CCCC(CN)C(=O)Nc1ccccc1N1CCCCC1. The van der Waals surface area contributed by atoms with Gasteiger partial charge in [0.25, 0.3) is 0 Å². The van der Waals surface area contributed by atoms with Gasteiger partial charge in [0.2, 0.25) is 5.91 Å². The largest absolute Gasteiger partial charge is 0.370 e. The molecule has 1 amide bonds. The van der Waals surface area contributed by atoms with Crippen molar-refractivity contribution in [3.63, 3.8) is 0 Å². The molecule has 0 bridgehead atoms. The van der Waals surface area contributed by atoms with Gasteiger partial charge in [-0.2, -0.15) is 0 Å². The van der Waals surface area contributed by atoms with Gasteiger partial charge >= 0.3 is 0 Å². The standard InChI is InChI=1S/C17H27N3O/c1-2-8-14(13-18)17(21)19-15-9-4-5-10-16(15)20-11-6-3-7-12-20/h4-5,9-10,14H,2-3,6-8,11-13,18H2,1H3,(H,19,21). The molecule has 1 atom stereocenters. The number of nitrogens with two attached hydrogens (primary N) is 1. The molecule has 1 heterocycles. The molecule has 1 unspecified atom stereocenters. The van der Waals surface area contributed by atoms with Gasteiger partial charge in [-0.25, -0.2) is 0 Å². The molecule has 0 aliphatic carbocycles. The van der Waals surface area contributed by atoms with E-state index in [0.717, 1.165) is 37.3 Å². The minimum absolute atomic E-state index is 0.0452. The first-order valence-corrected chi connectivity index (χ1v) is 8.11. The minimum atomic E-state index is -0.0931. The number of carbonyl (C=O) groups is 1. The summed E-state index contributed by atoms with van der Waals surface area (Å²) in [6, 6.07) is 8.09. The van der Waals surface area contributed by atoms with Crippen molar-refractivity contribution in [2.45, 2.75) is 39.0 Å². The highest BCUT2D eigenvalue weighted by Crippen LogP contribution is 2.28. The number of rotatable bonds is 6. The summed E-state index contributed by atoms with van der Waals surface area (Å²) in [5, 5.41) is 3.08. The topological polar surface area (TPSA) is 58.4 Å². The zero-order valence-electron chi connectivity index (χ0n) is 13.0. The van der Waals surface area contributed by atoms with Crippen molar-refractivity contribution >= 4 is 17.3 Å². The van der Waals surface area contributed by atoms with Gasteiger partial charge in [0.05, 0.1) is 17.3 Å². The van der Waals surface area contributed by atoms with Crippen molar-refractivity contribution in [2.24, 2.45) is 11.7 Å². The van der Waals surface area contributed by atoms with Crippen LogP contribution in [0.25, 0.3) is 0 Å². The second-order valence-corrected chi connectivity index (χ2v) is 5.78. The zero-order valence-corrected chi connectivity index (χ0v) is 13.0. The second-order valence-electron chi connectivity index (χ2n) is 5.78. The molecule has 1 aliphatic heterocycles. The van der Waals surface area contributed by atoms with Gasteiger partial charge in [-0.1, -0.05) is 25.5 Å². The van der Waals surface area contributed by atoms with E-state index in [0.29, 0.717) is 6.54 Å². The molecule has 4 nitrogen and oxygen atoms in total. The van der Waals surface area contributed by atoms with Gasteiger partial charge in [-0.15, -0.1) is 0 Å². The maximum Gasteiger partial charge on any atom is 0.228 e. The van der Waals surface area contributed by atoms with Crippen molar-refractivity contribution in [3.8, 4) is 0 Å². The molecule has 1 fully saturated rings. The second kappa shape index (κ2) is 8.03. The average Bonchev–Trinajstić information content (AvgIpc) is 2.54. The van der Waals surface area contributed by atoms with Crippen LogP contribution in [0.5, 0.6) is 0 Å². The number of nitrogens with zero attached hydrogens (tertiary/aromatic N) is 1. The van der Waals surface area contributed by atoms with Crippen LogP contribution in [0, 0.1) is 5.92 Å². The predicted octanol–water partition coefficient (Wildman–Crippen LogP) is 2.99. The van der Waals surface area contributed by atoms with E-state index in [1.54, 1.807) is 0 Å². The molecular weight excluding hydrogens is 262 g/mol. The quantitative estimate of drug-likeness (QED) is 0.846. The summed E-state index contributed by atoms with van der Waals surface area (Å²) in [6.45, 7) is 4.63. The summed E-state index contributed by atoms with van der Waals surface area (Å²) < 4.78 is 0. The van der Waals surface area contributed by atoms with Crippen molar-refractivity contribution in [2.75, 3.05) is 29.9 Å². The Morgan fingerprint density at radius 1 is 1.29 bits per heavy atom. The van der Waals surface area contributed by atoms with Crippen LogP contribution in [0.3, 0.4) is 0 Å². The summed E-state index contributed by atoms with van der Waals surface area (Å²) in [5.41, 5.74) is 7.78. The van der Waals surface area contributed by atoms with Crippen molar-refractivity contribution < 1.29 is 4.79 Å². The number of carbonyl (C=O) groups excluding carboxylic acids is 1.